The molecule has 1 N–H and O–H groups in total. The van der Waals surface area contributed by atoms with E-state index in [2.05, 4.69) is 47.1 Å². The summed E-state index contributed by atoms with van der Waals surface area (Å²) in [4.78, 5) is 5.07. The molecule has 1 aromatic rings. The Morgan fingerprint density at radius 1 is 1.20 bits per heavy atom. The number of piperidine rings is 1. The van der Waals surface area contributed by atoms with Crippen molar-refractivity contribution in [3.05, 3.63) is 35.9 Å². The molecule has 1 aromatic carbocycles. The van der Waals surface area contributed by atoms with Crippen molar-refractivity contribution in [1.82, 2.24) is 9.80 Å². The molecule has 3 rings (SSSR count). The number of fused-ring (bicyclic) bond motifs is 1. The maximum Gasteiger partial charge on any atom is 0.0558 e. The van der Waals surface area contributed by atoms with Gasteiger partial charge in [-0.15, -0.1) is 0 Å². The third-order valence-corrected chi connectivity index (χ3v) is 5.40. The zero-order chi connectivity index (χ0) is 14.0. The van der Waals surface area contributed by atoms with Gasteiger partial charge < -0.3 is 5.11 Å². The van der Waals surface area contributed by atoms with E-state index in [9.17, 15) is 5.11 Å². The predicted molar refractivity (Wildman–Crippen MR) is 81.9 cm³/mol. The lowest BCUT2D eigenvalue weighted by Crippen LogP contribution is -2.55. The maximum absolute atomic E-state index is 9.21. The average molecular weight is 274 g/mol. The molecule has 20 heavy (non-hydrogen) atoms. The fourth-order valence-corrected chi connectivity index (χ4v) is 4.26. The van der Waals surface area contributed by atoms with Crippen molar-refractivity contribution >= 4 is 0 Å². The molecule has 0 aliphatic carbocycles. The Morgan fingerprint density at radius 2 is 1.95 bits per heavy atom. The highest BCUT2D eigenvalue weighted by Crippen LogP contribution is 2.45. The number of hydrogen-bond acceptors (Lipinski definition) is 3. The number of likely N-dealkylation sites (tertiary alicyclic amines) is 2. The summed E-state index contributed by atoms with van der Waals surface area (Å²) in [5, 5.41) is 9.21. The summed E-state index contributed by atoms with van der Waals surface area (Å²) in [5.41, 5.74) is 1.85. The monoisotopic (exact) mass is 274 g/mol. The summed E-state index contributed by atoms with van der Waals surface area (Å²) in [7, 11) is 0. The molecule has 0 spiro atoms. The van der Waals surface area contributed by atoms with E-state index in [0.29, 0.717) is 11.5 Å². The van der Waals surface area contributed by atoms with Crippen molar-refractivity contribution in [2.45, 2.75) is 31.2 Å². The average Bonchev–Trinajstić information content (AvgIpc) is 2.88. The van der Waals surface area contributed by atoms with Gasteiger partial charge in [0.05, 0.1) is 6.61 Å². The first kappa shape index (κ1) is 14.1. The van der Waals surface area contributed by atoms with Crippen molar-refractivity contribution in [3.8, 4) is 0 Å². The van der Waals surface area contributed by atoms with Gasteiger partial charge in [-0.2, -0.15) is 0 Å². The molecule has 2 heterocycles. The van der Waals surface area contributed by atoms with Crippen LogP contribution in [0.2, 0.25) is 0 Å². The van der Waals surface area contributed by atoms with Gasteiger partial charge in [0.25, 0.3) is 0 Å². The zero-order valence-corrected chi connectivity index (χ0v) is 12.5. The van der Waals surface area contributed by atoms with Crippen LogP contribution in [0.15, 0.2) is 30.3 Å². The van der Waals surface area contributed by atoms with Crippen molar-refractivity contribution in [1.29, 1.82) is 0 Å². The molecule has 2 fully saturated rings. The number of β-amino-alcohol motifs (C(OH)–C–C–N with tert-alkyl or cyclic N) is 1. The summed E-state index contributed by atoms with van der Waals surface area (Å²) in [6.45, 7) is 7.92. The van der Waals surface area contributed by atoms with Gasteiger partial charge in [-0.3, -0.25) is 9.80 Å². The van der Waals surface area contributed by atoms with Crippen molar-refractivity contribution in [3.63, 3.8) is 0 Å². The standard InChI is InChI=1S/C17H26N2O/c1-2-19-11-9-17(15-6-4-3-5-7-15)8-10-18(12-13-20)14-16(17)19/h3-7,16,20H,2,8-14H2,1H3. The van der Waals surface area contributed by atoms with Crippen molar-refractivity contribution in [2.24, 2.45) is 0 Å². The van der Waals surface area contributed by atoms with Crippen LogP contribution in [0.5, 0.6) is 0 Å². The van der Waals surface area contributed by atoms with Gasteiger partial charge >= 0.3 is 0 Å². The molecule has 2 saturated heterocycles. The molecule has 0 aromatic heterocycles. The van der Waals surface area contributed by atoms with E-state index >= 15 is 0 Å². The SMILES string of the molecule is CCN1CCC2(c3ccccc3)CCN(CCO)CC12. The molecule has 110 valence electrons. The Labute approximate surface area is 122 Å². The number of benzene rings is 1. The van der Waals surface area contributed by atoms with Gasteiger partial charge in [0.1, 0.15) is 0 Å². The second kappa shape index (κ2) is 5.84. The third kappa shape index (κ3) is 2.28. The summed E-state index contributed by atoms with van der Waals surface area (Å²) in [6.07, 6.45) is 2.50. The third-order valence-electron chi connectivity index (χ3n) is 5.40. The first-order chi connectivity index (χ1) is 9.80. The highest BCUT2D eigenvalue weighted by atomic mass is 16.3. The summed E-state index contributed by atoms with van der Waals surface area (Å²) < 4.78 is 0. The molecule has 2 aliphatic heterocycles. The first-order valence-electron chi connectivity index (χ1n) is 7.93. The molecule has 3 nitrogen and oxygen atoms in total. The van der Waals surface area contributed by atoms with Crippen LogP contribution >= 0.6 is 0 Å². The van der Waals surface area contributed by atoms with E-state index in [1.54, 1.807) is 0 Å². The normalized spacial score (nSPS) is 31.4. The number of rotatable bonds is 4. The van der Waals surface area contributed by atoms with Crippen molar-refractivity contribution in [2.75, 3.05) is 39.3 Å². The number of aliphatic hydroxyl groups excluding tert-OH is 1. The maximum atomic E-state index is 9.21. The van der Waals surface area contributed by atoms with Crippen LogP contribution in [0, 0.1) is 0 Å². The van der Waals surface area contributed by atoms with Gasteiger partial charge in [0.15, 0.2) is 0 Å². The second-order valence-corrected chi connectivity index (χ2v) is 6.19. The van der Waals surface area contributed by atoms with Crippen LogP contribution in [0.25, 0.3) is 0 Å². The zero-order valence-electron chi connectivity index (χ0n) is 12.5. The van der Waals surface area contributed by atoms with E-state index in [-0.39, 0.29) is 6.61 Å². The number of likely N-dealkylation sites (N-methyl/N-ethyl adjacent to an activating group) is 1. The van der Waals surface area contributed by atoms with Crippen LogP contribution in [-0.4, -0.2) is 60.3 Å². The van der Waals surface area contributed by atoms with E-state index in [4.69, 9.17) is 0 Å². The van der Waals surface area contributed by atoms with Crippen LogP contribution in [0.3, 0.4) is 0 Å². The Morgan fingerprint density at radius 3 is 2.65 bits per heavy atom. The smallest absolute Gasteiger partial charge is 0.0558 e. The number of hydrogen-bond donors (Lipinski definition) is 1. The Kier molecular flexibility index (Phi) is 4.11. The summed E-state index contributed by atoms with van der Waals surface area (Å²) in [6, 6.07) is 11.7. The van der Waals surface area contributed by atoms with Gasteiger partial charge in [0.2, 0.25) is 0 Å². The molecule has 2 atom stereocenters. The van der Waals surface area contributed by atoms with Gasteiger partial charge in [-0.05, 0) is 38.0 Å². The minimum atomic E-state index is 0.275. The Bertz CT molecular complexity index is 436. The molecule has 0 saturated carbocycles. The van der Waals surface area contributed by atoms with Crippen LogP contribution < -0.4 is 0 Å². The fraction of sp³-hybridized carbons (Fsp3) is 0.647. The lowest BCUT2D eigenvalue weighted by atomic mass is 9.69. The first-order valence-corrected chi connectivity index (χ1v) is 7.93. The molecular formula is C17H26N2O. The highest BCUT2D eigenvalue weighted by Gasteiger charge is 2.50. The highest BCUT2D eigenvalue weighted by molar-refractivity contribution is 5.31. The summed E-state index contributed by atoms with van der Waals surface area (Å²) in [5.74, 6) is 0. The van der Waals surface area contributed by atoms with Crippen molar-refractivity contribution < 1.29 is 5.11 Å². The lowest BCUT2D eigenvalue weighted by Gasteiger charge is -2.46. The van der Waals surface area contributed by atoms with E-state index in [1.807, 2.05) is 0 Å². The summed E-state index contributed by atoms with van der Waals surface area (Å²) >= 11 is 0. The second-order valence-electron chi connectivity index (χ2n) is 6.19. The molecular weight excluding hydrogens is 248 g/mol. The molecule has 2 aliphatic rings. The molecule has 0 radical (unpaired) electrons. The fourth-order valence-electron chi connectivity index (χ4n) is 4.26. The molecule has 0 amide bonds. The van der Waals surface area contributed by atoms with Gasteiger partial charge in [0, 0.05) is 24.5 Å². The molecule has 2 unspecified atom stereocenters. The van der Waals surface area contributed by atoms with Gasteiger partial charge in [-0.1, -0.05) is 37.3 Å². The Balaban J connectivity index is 1.89. The van der Waals surface area contributed by atoms with Crippen LogP contribution in [-0.2, 0) is 5.41 Å². The minimum Gasteiger partial charge on any atom is -0.395 e. The largest absolute Gasteiger partial charge is 0.395 e. The quantitative estimate of drug-likeness (QED) is 0.905. The lowest BCUT2D eigenvalue weighted by molar-refractivity contribution is 0.0746. The van der Waals surface area contributed by atoms with E-state index in [0.717, 1.165) is 26.2 Å². The van der Waals surface area contributed by atoms with E-state index < -0.39 is 0 Å². The molecule has 0 bridgehead atoms. The topological polar surface area (TPSA) is 26.7 Å². The van der Waals surface area contributed by atoms with Crippen LogP contribution in [0.1, 0.15) is 25.3 Å². The van der Waals surface area contributed by atoms with Gasteiger partial charge in [-0.25, -0.2) is 0 Å². The Hall–Kier alpha value is -0.900. The van der Waals surface area contributed by atoms with E-state index in [1.165, 1.54) is 24.9 Å². The minimum absolute atomic E-state index is 0.275. The predicted octanol–water partition coefficient (Wildman–Crippen LogP) is 1.72. The molecule has 3 heteroatoms. The van der Waals surface area contributed by atoms with Crippen LogP contribution in [0.4, 0.5) is 0 Å². The number of aliphatic hydroxyl groups is 1. The number of nitrogens with zero attached hydrogens (tertiary/aromatic N) is 2.